The molecule has 0 spiro atoms. The van der Waals surface area contributed by atoms with Gasteiger partial charge in [-0.05, 0) is 18.8 Å². The number of fused-ring (bicyclic) bond motifs is 2. The van der Waals surface area contributed by atoms with Crippen molar-refractivity contribution in [1.29, 1.82) is 0 Å². The molecule has 3 saturated heterocycles. The van der Waals surface area contributed by atoms with Gasteiger partial charge in [0.05, 0.1) is 0 Å². The van der Waals surface area contributed by atoms with E-state index in [1.165, 1.54) is 38.8 Å². The number of piperidine rings is 1. The fourth-order valence-corrected chi connectivity index (χ4v) is 5.07. The van der Waals surface area contributed by atoms with Crippen molar-refractivity contribution in [2.45, 2.75) is 69.3 Å². The van der Waals surface area contributed by atoms with Crippen LogP contribution in [-0.4, -0.2) is 24.5 Å². The Morgan fingerprint density at radius 2 is 1.41 bits per heavy atom. The van der Waals surface area contributed by atoms with Gasteiger partial charge in [0.1, 0.15) is 6.71 Å². The lowest BCUT2D eigenvalue weighted by molar-refractivity contribution is 0.302. The first-order chi connectivity index (χ1) is 8.33. The molecule has 0 radical (unpaired) electrons. The van der Waals surface area contributed by atoms with Gasteiger partial charge in [0.2, 0.25) is 0 Å². The van der Waals surface area contributed by atoms with Crippen LogP contribution in [0.4, 0.5) is 0 Å². The summed E-state index contributed by atoms with van der Waals surface area (Å²) in [5, 5.41) is 0. The van der Waals surface area contributed by atoms with Crippen LogP contribution in [0, 0.1) is 5.92 Å². The lowest BCUT2D eigenvalue weighted by Crippen LogP contribution is -2.37. The first-order valence-corrected chi connectivity index (χ1v) is 8.34. The normalized spacial score (nSPS) is 36.2. The van der Waals surface area contributed by atoms with Crippen molar-refractivity contribution in [3.05, 3.63) is 0 Å². The summed E-state index contributed by atoms with van der Waals surface area (Å²) >= 11 is 0. The molecule has 3 rings (SSSR count). The van der Waals surface area contributed by atoms with Crippen molar-refractivity contribution in [3.63, 3.8) is 0 Å². The van der Waals surface area contributed by atoms with Crippen molar-refractivity contribution in [3.8, 4) is 0 Å². The first-order valence-electron chi connectivity index (χ1n) is 7.82. The quantitative estimate of drug-likeness (QED) is 0.527. The average Bonchev–Trinajstić information content (AvgIpc) is 2.32. The summed E-state index contributed by atoms with van der Waals surface area (Å²) in [5.41, 5.74) is 0. The smallest absolute Gasteiger partial charge is 0.146 e. The minimum absolute atomic E-state index is 1.05. The van der Waals surface area contributed by atoms with Gasteiger partial charge < -0.3 is 0 Å². The number of hydrogen-bond acceptors (Lipinski definition) is 1. The predicted molar refractivity (Wildman–Crippen MR) is 79.8 cm³/mol. The van der Waals surface area contributed by atoms with Crippen molar-refractivity contribution >= 4 is 16.1 Å². The highest BCUT2D eigenvalue weighted by Gasteiger charge is 2.40. The Hall–Kier alpha value is 0.455. The van der Waals surface area contributed by atoms with Crippen molar-refractivity contribution < 1.29 is 0 Å². The van der Waals surface area contributed by atoms with Gasteiger partial charge in [-0.1, -0.05) is 65.9 Å². The van der Waals surface area contributed by atoms with Gasteiger partial charge in [-0.15, -0.1) is 0 Å². The molecular formula is C14H27BNP. The molecule has 17 heavy (non-hydrogen) atoms. The molecule has 0 aromatic heterocycles. The summed E-state index contributed by atoms with van der Waals surface area (Å²) in [6.45, 7) is 3.76. The van der Waals surface area contributed by atoms with Gasteiger partial charge in [-0.2, -0.15) is 0 Å². The average molecular weight is 251 g/mol. The molecule has 3 heteroatoms. The van der Waals surface area contributed by atoms with Crippen LogP contribution in [0.3, 0.4) is 0 Å². The molecule has 3 aliphatic heterocycles. The molecule has 0 N–H and O–H groups in total. The Kier molecular flexibility index (Phi) is 4.12. The van der Waals surface area contributed by atoms with Gasteiger partial charge in [-0.25, -0.2) is 0 Å². The summed E-state index contributed by atoms with van der Waals surface area (Å²) in [5.74, 6) is 3.30. The molecule has 0 aromatic carbocycles. The van der Waals surface area contributed by atoms with Crippen LogP contribution in [0.2, 0.25) is 18.0 Å². The monoisotopic (exact) mass is 251 g/mol. The van der Waals surface area contributed by atoms with E-state index in [0.717, 1.165) is 24.3 Å². The molecule has 1 atom stereocenters. The van der Waals surface area contributed by atoms with E-state index < -0.39 is 0 Å². The van der Waals surface area contributed by atoms with Gasteiger partial charge in [-0.3, -0.25) is 4.67 Å². The summed E-state index contributed by atoms with van der Waals surface area (Å²) in [4.78, 5) is 0. The number of rotatable bonds is 2. The van der Waals surface area contributed by atoms with E-state index >= 15 is 0 Å². The summed E-state index contributed by atoms with van der Waals surface area (Å²) in [6, 6.07) is 0. The Labute approximate surface area is 109 Å². The third-order valence-corrected chi connectivity index (χ3v) is 6.28. The maximum atomic E-state index is 2.88. The summed E-state index contributed by atoms with van der Waals surface area (Å²) < 4.78 is 2.43. The molecule has 0 amide bonds. The molecule has 0 saturated carbocycles. The second-order valence-corrected chi connectivity index (χ2v) is 7.49. The molecule has 1 unspecified atom stereocenters. The maximum absolute atomic E-state index is 2.88. The molecule has 0 aliphatic carbocycles. The minimum atomic E-state index is 1.05. The predicted octanol–water partition coefficient (Wildman–Crippen LogP) is 4.09. The van der Waals surface area contributed by atoms with Crippen molar-refractivity contribution in [2.75, 3.05) is 13.1 Å². The topological polar surface area (TPSA) is 3.24 Å². The van der Waals surface area contributed by atoms with E-state index in [0.29, 0.717) is 0 Å². The van der Waals surface area contributed by atoms with Crippen LogP contribution in [0.1, 0.15) is 51.4 Å². The van der Waals surface area contributed by atoms with Crippen LogP contribution in [0.25, 0.3) is 0 Å². The molecule has 3 fully saturated rings. The maximum Gasteiger partial charge on any atom is 0.146 e. The van der Waals surface area contributed by atoms with E-state index in [9.17, 15) is 0 Å². The van der Waals surface area contributed by atoms with Crippen LogP contribution >= 0.6 is 9.39 Å². The SMILES string of the molecule is PN1CCC(CB2C3CCCC2CCC3)CC1. The van der Waals surface area contributed by atoms with Crippen LogP contribution < -0.4 is 0 Å². The van der Waals surface area contributed by atoms with E-state index in [4.69, 9.17) is 0 Å². The Balaban J connectivity index is 1.56. The molecule has 1 nitrogen and oxygen atoms in total. The Morgan fingerprint density at radius 3 is 1.94 bits per heavy atom. The van der Waals surface area contributed by atoms with Gasteiger partial charge >= 0.3 is 0 Å². The largest absolute Gasteiger partial charge is 0.287 e. The van der Waals surface area contributed by atoms with E-state index in [-0.39, 0.29) is 0 Å². The lowest BCUT2D eigenvalue weighted by Gasteiger charge is -2.43. The summed E-state index contributed by atoms with van der Waals surface area (Å²) in [6.07, 6.45) is 13.8. The third-order valence-electron chi connectivity index (χ3n) is 5.77. The van der Waals surface area contributed by atoms with E-state index in [1.54, 1.807) is 32.0 Å². The van der Waals surface area contributed by atoms with Gasteiger partial charge in [0.25, 0.3) is 0 Å². The number of hydrogen-bond donors (Lipinski definition) is 0. The van der Waals surface area contributed by atoms with E-state index in [1.807, 2.05) is 0 Å². The summed E-state index contributed by atoms with van der Waals surface area (Å²) in [7, 11) is 2.88. The van der Waals surface area contributed by atoms with Crippen molar-refractivity contribution in [1.82, 2.24) is 4.67 Å². The highest BCUT2D eigenvalue weighted by Crippen LogP contribution is 2.49. The second-order valence-electron chi connectivity index (χ2n) is 6.76. The van der Waals surface area contributed by atoms with Gasteiger partial charge in [0.15, 0.2) is 0 Å². The molecule has 96 valence electrons. The molecule has 2 bridgehead atoms. The van der Waals surface area contributed by atoms with Crippen LogP contribution in [0.5, 0.6) is 0 Å². The highest BCUT2D eigenvalue weighted by molar-refractivity contribution is 7.13. The van der Waals surface area contributed by atoms with Crippen LogP contribution in [-0.2, 0) is 0 Å². The van der Waals surface area contributed by atoms with Crippen LogP contribution in [0.15, 0.2) is 0 Å². The third kappa shape index (κ3) is 2.90. The zero-order chi connectivity index (χ0) is 11.7. The lowest BCUT2D eigenvalue weighted by atomic mass is 9.25. The molecule has 3 aliphatic rings. The Morgan fingerprint density at radius 1 is 0.882 bits per heavy atom. The molecule has 0 aromatic rings. The highest BCUT2D eigenvalue weighted by atomic mass is 31.0. The zero-order valence-corrected chi connectivity index (χ0v) is 12.3. The zero-order valence-electron chi connectivity index (χ0n) is 11.1. The fourth-order valence-electron chi connectivity index (χ4n) is 4.77. The van der Waals surface area contributed by atoms with E-state index in [2.05, 4.69) is 14.1 Å². The standard InChI is InChI=1S/C14H27BNP/c17-16-9-7-12(8-10-16)11-15-13-3-1-4-14(15)6-2-5-13/h12-14H,1-11,17H2. The van der Waals surface area contributed by atoms with Crippen molar-refractivity contribution in [2.24, 2.45) is 5.92 Å². The Bertz CT molecular complexity index is 231. The first kappa shape index (κ1) is 12.5. The molecule has 3 heterocycles. The fraction of sp³-hybridized carbons (Fsp3) is 1.00. The number of nitrogens with zero attached hydrogens (tertiary/aromatic N) is 1. The second kappa shape index (κ2) is 5.62. The minimum Gasteiger partial charge on any atom is -0.287 e. The van der Waals surface area contributed by atoms with Gasteiger partial charge in [0, 0.05) is 13.1 Å². The molecular weight excluding hydrogens is 224 g/mol.